The van der Waals surface area contributed by atoms with Crippen LogP contribution in [-0.2, 0) is 0 Å². The standard InChI is InChI=1S/C14H16INO/c1-10-8-14(5-2-11(10)9-16)17-13-6-3-12(15)4-7-13/h2,5,8,12-13H,3-4,6-7H2,1H3/t12-,13-. The van der Waals surface area contributed by atoms with E-state index in [1.54, 1.807) is 0 Å². The maximum atomic E-state index is 8.87. The monoisotopic (exact) mass is 341 g/mol. The Kier molecular flexibility index (Phi) is 4.27. The topological polar surface area (TPSA) is 33.0 Å². The first-order valence-corrected chi connectivity index (χ1v) is 7.25. The van der Waals surface area contributed by atoms with E-state index in [0.717, 1.165) is 33.6 Å². The molecule has 0 atom stereocenters. The molecule has 90 valence electrons. The van der Waals surface area contributed by atoms with Gasteiger partial charge in [0.2, 0.25) is 0 Å². The van der Waals surface area contributed by atoms with E-state index in [0.29, 0.717) is 6.10 Å². The van der Waals surface area contributed by atoms with Gasteiger partial charge in [-0.05, 0) is 56.4 Å². The molecule has 1 aromatic rings. The predicted molar refractivity (Wildman–Crippen MR) is 76.6 cm³/mol. The quantitative estimate of drug-likeness (QED) is 0.602. The van der Waals surface area contributed by atoms with Crippen LogP contribution in [-0.4, -0.2) is 10.0 Å². The van der Waals surface area contributed by atoms with Gasteiger partial charge in [0.15, 0.2) is 0 Å². The van der Waals surface area contributed by atoms with Crippen LogP contribution in [0.2, 0.25) is 0 Å². The van der Waals surface area contributed by atoms with Crippen LogP contribution in [0.25, 0.3) is 0 Å². The van der Waals surface area contributed by atoms with Crippen LogP contribution in [0.1, 0.15) is 36.8 Å². The van der Waals surface area contributed by atoms with Crippen molar-refractivity contribution in [1.82, 2.24) is 0 Å². The molecule has 1 aliphatic rings. The average molecular weight is 341 g/mol. The van der Waals surface area contributed by atoms with Crippen LogP contribution < -0.4 is 4.74 Å². The van der Waals surface area contributed by atoms with Gasteiger partial charge >= 0.3 is 0 Å². The van der Waals surface area contributed by atoms with Crippen LogP contribution in [0.5, 0.6) is 5.75 Å². The molecule has 0 heterocycles. The Hall–Kier alpha value is -0.760. The summed E-state index contributed by atoms with van der Waals surface area (Å²) in [4.78, 5) is 0. The average Bonchev–Trinajstić information content (AvgIpc) is 2.32. The van der Waals surface area contributed by atoms with Gasteiger partial charge in [-0.2, -0.15) is 5.26 Å². The molecule has 0 aliphatic heterocycles. The van der Waals surface area contributed by atoms with Crippen molar-refractivity contribution >= 4 is 22.6 Å². The molecule has 0 unspecified atom stereocenters. The van der Waals surface area contributed by atoms with Gasteiger partial charge in [0.1, 0.15) is 5.75 Å². The summed E-state index contributed by atoms with van der Waals surface area (Å²) < 4.78 is 6.79. The fraction of sp³-hybridized carbons (Fsp3) is 0.500. The lowest BCUT2D eigenvalue weighted by Crippen LogP contribution is -2.24. The van der Waals surface area contributed by atoms with Gasteiger partial charge in [-0.15, -0.1) is 0 Å². The van der Waals surface area contributed by atoms with Crippen molar-refractivity contribution in [3.63, 3.8) is 0 Å². The van der Waals surface area contributed by atoms with E-state index >= 15 is 0 Å². The Morgan fingerprint density at radius 1 is 1.29 bits per heavy atom. The number of ether oxygens (including phenoxy) is 1. The number of rotatable bonds is 2. The summed E-state index contributed by atoms with van der Waals surface area (Å²) in [7, 11) is 0. The zero-order chi connectivity index (χ0) is 12.3. The number of nitrogens with zero attached hydrogens (tertiary/aromatic N) is 1. The lowest BCUT2D eigenvalue weighted by Gasteiger charge is -2.26. The number of benzene rings is 1. The molecule has 1 saturated carbocycles. The smallest absolute Gasteiger partial charge is 0.120 e. The second-order valence-electron chi connectivity index (χ2n) is 4.58. The molecule has 2 nitrogen and oxygen atoms in total. The highest BCUT2D eigenvalue weighted by molar-refractivity contribution is 14.1. The van der Waals surface area contributed by atoms with Gasteiger partial charge in [0.25, 0.3) is 0 Å². The molecule has 3 heteroatoms. The minimum Gasteiger partial charge on any atom is -0.490 e. The van der Waals surface area contributed by atoms with E-state index in [4.69, 9.17) is 10.00 Å². The number of nitriles is 1. The molecule has 0 saturated heterocycles. The molecular formula is C14H16INO. The molecule has 0 N–H and O–H groups in total. The zero-order valence-corrected chi connectivity index (χ0v) is 12.1. The maximum absolute atomic E-state index is 8.87. The van der Waals surface area contributed by atoms with Gasteiger partial charge in [-0.25, -0.2) is 0 Å². The summed E-state index contributed by atoms with van der Waals surface area (Å²) in [5, 5.41) is 8.87. The van der Waals surface area contributed by atoms with Gasteiger partial charge in [0, 0.05) is 3.92 Å². The van der Waals surface area contributed by atoms with E-state index in [1.165, 1.54) is 12.8 Å². The van der Waals surface area contributed by atoms with Crippen molar-refractivity contribution in [1.29, 1.82) is 5.26 Å². The van der Waals surface area contributed by atoms with E-state index in [1.807, 2.05) is 25.1 Å². The third kappa shape index (κ3) is 3.35. The molecule has 2 rings (SSSR count). The first-order valence-electron chi connectivity index (χ1n) is 6.00. The van der Waals surface area contributed by atoms with Gasteiger partial charge in [0.05, 0.1) is 17.7 Å². The Bertz CT molecular complexity index is 430. The number of hydrogen-bond donors (Lipinski definition) is 0. The predicted octanol–water partition coefficient (Wildman–Crippen LogP) is 3.99. The fourth-order valence-electron chi connectivity index (χ4n) is 2.17. The molecule has 0 aromatic heterocycles. The summed E-state index contributed by atoms with van der Waals surface area (Å²) in [5.74, 6) is 0.901. The fourth-order valence-corrected chi connectivity index (χ4v) is 2.89. The Labute approximate surface area is 116 Å². The Morgan fingerprint density at radius 2 is 2.00 bits per heavy atom. The maximum Gasteiger partial charge on any atom is 0.120 e. The van der Waals surface area contributed by atoms with Crippen molar-refractivity contribution in [2.45, 2.75) is 42.6 Å². The second-order valence-corrected chi connectivity index (χ2v) is 6.34. The molecule has 17 heavy (non-hydrogen) atoms. The first kappa shape index (κ1) is 12.7. The van der Waals surface area contributed by atoms with E-state index in [2.05, 4.69) is 28.7 Å². The molecule has 1 fully saturated rings. The zero-order valence-electron chi connectivity index (χ0n) is 9.95. The van der Waals surface area contributed by atoms with Gasteiger partial charge in [-0.1, -0.05) is 22.6 Å². The summed E-state index contributed by atoms with van der Waals surface area (Å²) in [6.45, 7) is 1.95. The largest absolute Gasteiger partial charge is 0.490 e. The number of hydrogen-bond acceptors (Lipinski definition) is 2. The van der Waals surface area contributed by atoms with Gasteiger partial charge < -0.3 is 4.74 Å². The second kappa shape index (κ2) is 5.72. The third-order valence-electron chi connectivity index (χ3n) is 3.22. The third-order valence-corrected chi connectivity index (χ3v) is 4.47. The molecule has 0 amide bonds. The molecule has 1 aliphatic carbocycles. The summed E-state index contributed by atoms with van der Waals surface area (Å²) >= 11 is 2.52. The van der Waals surface area contributed by atoms with Crippen LogP contribution >= 0.6 is 22.6 Å². The molecule has 0 spiro atoms. The van der Waals surface area contributed by atoms with Crippen LogP contribution in [0.15, 0.2) is 18.2 Å². The molecule has 1 aromatic carbocycles. The van der Waals surface area contributed by atoms with Crippen molar-refractivity contribution < 1.29 is 4.74 Å². The molecule has 0 radical (unpaired) electrons. The van der Waals surface area contributed by atoms with Crippen molar-refractivity contribution in [2.75, 3.05) is 0 Å². The highest BCUT2D eigenvalue weighted by atomic mass is 127. The SMILES string of the molecule is Cc1cc(O[C@H]2CC[C@H](I)CC2)ccc1C#N. The minimum absolute atomic E-state index is 0.355. The van der Waals surface area contributed by atoms with Crippen LogP contribution in [0.4, 0.5) is 0 Å². The first-order chi connectivity index (χ1) is 8.19. The highest BCUT2D eigenvalue weighted by Crippen LogP contribution is 2.28. The number of halogens is 1. The number of alkyl halides is 1. The van der Waals surface area contributed by atoms with Gasteiger partial charge in [-0.3, -0.25) is 0 Å². The highest BCUT2D eigenvalue weighted by Gasteiger charge is 2.20. The van der Waals surface area contributed by atoms with E-state index in [-0.39, 0.29) is 0 Å². The summed E-state index contributed by atoms with van der Waals surface area (Å²) in [5.41, 5.74) is 1.72. The summed E-state index contributed by atoms with van der Waals surface area (Å²) in [6.07, 6.45) is 5.15. The van der Waals surface area contributed by atoms with Crippen LogP contribution in [0, 0.1) is 18.3 Å². The van der Waals surface area contributed by atoms with Crippen LogP contribution in [0.3, 0.4) is 0 Å². The lowest BCUT2D eigenvalue weighted by atomic mass is 9.97. The van der Waals surface area contributed by atoms with Crippen molar-refractivity contribution in [2.24, 2.45) is 0 Å². The normalized spacial score (nSPS) is 24.1. The minimum atomic E-state index is 0.355. The molecule has 0 bridgehead atoms. The summed E-state index contributed by atoms with van der Waals surface area (Å²) in [6, 6.07) is 7.89. The Balaban J connectivity index is 2.00. The number of aryl methyl sites for hydroxylation is 1. The van der Waals surface area contributed by atoms with Crippen molar-refractivity contribution in [3.8, 4) is 11.8 Å². The lowest BCUT2D eigenvalue weighted by molar-refractivity contribution is 0.158. The molecular weight excluding hydrogens is 325 g/mol. The van der Waals surface area contributed by atoms with E-state index in [9.17, 15) is 0 Å². The van der Waals surface area contributed by atoms with E-state index < -0.39 is 0 Å². The van der Waals surface area contributed by atoms with Crippen molar-refractivity contribution in [3.05, 3.63) is 29.3 Å². The Morgan fingerprint density at radius 3 is 2.59 bits per heavy atom.